The lowest BCUT2D eigenvalue weighted by Crippen LogP contribution is -2.35. The molecule has 4 nitrogen and oxygen atoms in total. The monoisotopic (exact) mass is 288 g/mol. The highest BCUT2D eigenvalue weighted by Crippen LogP contribution is 2.41. The van der Waals surface area contributed by atoms with E-state index in [1.165, 1.54) is 0 Å². The fraction of sp³-hybridized carbons (Fsp3) is 0.471. The van der Waals surface area contributed by atoms with Crippen LogP contribution in [0, 0.1) is 0 Å². The molecule has 1 heterocycles. The third kappa shape index (κ3) is 2.81. The van der Waals surface area contributed by atoms with Crippen molar-refractivity contribution >= 4 is 0 Å². The molecule has 0 fully saturated rings. The molecule has 1 aromatic heterocycles. The molecule has 2 atom stereocenters. The van der Waals surface area contributed by atoms with Crippen LogP contribution in [-0.4, -0.2) is 21.8 Å². The predicted octanol–water partition coefficient (Wildman–Crippen LogP) is 3.22. The Hall–Kier alpha value is -1.81. The van der Waals surface area contributed by atoms with Crippen LogP contribution in [0.1, 0.15) is 44.0 Å². The van der Waals surface area contributed by atoms with Crippen molar-refractivity contribution in [2.24, 2.45) is 7.05 Å². The van der Waals surface area contributed by atoms with Gasteiger partial charge in [-0.05, 0) is 30.5 Å². The minimum Gasteiger partial charge on any atom is -0.497 e. The zero-order chi connectivity index (χ0) is 15.5. The van der Waals surface area contributed by atoms with Gasteiger partial charge in [0.15, 0.2) is 0 Å². The predicted molar refractivity (Wildman–Crippen MR) is 83.4 cm³/mol. The molecular weight excluding hydrogens is 264 g/mol. The number of rotatable bonds is 6. The van der Waals surface area contributed by atoms with Crippen LogP contribution in [0.4, 0.5) is 0 Å². The van der Waals surface area contributed by atoms with Gasteiger partial charge in [-0.15, -0.1) is 0 Å². The maximum atomic E-state index is 11.3. The van der Waals surface area contributed by atoms with Gasteiger partial charge in [-0.2, -0.15) is 0 Å². The second kappa shape index (κ2) is 6.31. The lowest BCUT2D eigenvalue weighted by atomic mass is 9.78. The normalized spacial score (nSPS) is 15.5. The first-order chi connectivity index (χ1) is 10.1. The molecule has 0 radical (unpaired) electrons. The molecule has 114 valence electrons. The molecule has 0 saturated carbocycles. The zero-order valence-corrected chi connectivity index (χ0v) is 13.2. The van der Waals surface area contributed by atoms with Crippen molar-refractivity contribution < 1.29 is 9.84 Å². The summed E-state index contributed by atoms with van der Waals surface area (Å²) in [4.78, 5) is 4.38. The van der Waals surface area contributed by atoms with Crippen LogP contribution in [0.15, 0.2) is 36.7 Å². The Kier molecular flexibility index (Phi) is 4.68. The Morgan fingerprint density at radius 3 is 2.38 bits per heavy atom. The first-order valence-corrected chi connectivity index (χ1v) is 7.40. The van der Waals surface area contributed by atoms with Crippen molar-refractivity contribution in [3.8, 4) is 5.75 Å². The lowest BCUT2D eigenvalue weighted by Gasteiger charge is -2.35. The molecule has 2 aromatic rings. The summed E-state index contributed by atoms with van der Waals surface area (Å²) >= 11 is 0. The Bertz CT molecular complexity index is 577. The van der Waals surface area contributed by atoms with Gasteiger partial charge >= 0.3 is 0 Å². The van der Waals surface area contributed by atoms with Gasteiger partial charge in [0.2, 0.25) is 0 Å². The van der Waals surface area contributed by atoms with Crippen LogP contribution < -0.4 is 4.74 Å². The molecular formula is C17H24N2O2. The molecule has 1 N–H and O–H groups in total. The quantitative estimate of drug-likeness (QED) is 0.888. The second-order valence-electron chi connectivity index (χ2n) is 5.37. The molecule has 0 aliphatic heterocycles. The number of hydrogen-bond acceptors (Lipinski definition) is 3. The van der Waals surface area contributed by atoms with Crippen molar-refractivity contribution in [3.05, 3.63) is 48.0 Å². The highest BCUT2D eigenvalue weighted by atomic mass is 16.5. The smallest absolute Gasteiger partial charge is 0.141 e. The lowest BCUT2D eigenvalue weighted by molar-refractivity contribution is -0.00939. The summed E-state index contributed by atoms with van der Waals surface area (Å²) in [6.45, 7) is 4.10. The van der Waals surface area contributed by atoms with Gasteiger partial charge in [0, 0.05) is 25.4 Å². The third-order valence-corrected chi connectivity index (χ3v) is 4.25. The summed E-state index contributed by atoms with van der Waals surface area (Å²) in [6.07, 6.45) is 5.05. The van der Waals surface area contributed by atoms with Crippen molar-refractivity contribution in [1.82, 2.24) is 9.55 Å². The van der Waals surface area contributed by atoms with Gasteiger partial charge in [-0.25, -0.2) is 4.98 Å². The number of nitrogens with zero attached hydrogens (tertiary/aromatic N) is 2. The van der Waals surface area contributed by atoms with Gasteiger partial charge in [0.05, 0.1) is 7.11 Å². The van der Waals surface area contributed by atoms with Crippen LogP contribution in [0.25, 0.3) is 0 Å². The number of aliphatic hydroxyl groups is 1. The van der Waals surface area contributed by atoms with Gasteiger partial charge in [-0.3, -0.25) is 0 Å². The first kappa shape index (κ1) is 15.6. The largest absolute Gasteiger partial charge is 0.497 e. The SMILES string of the molecule is CC[C@@H](c1ccc(OC)cc1)[C@](O)(CC)c1nccn1C. The van der Waals surface area contributed by atoms with Crippen molar-refractivity contribution in [2.45, 2.75) is 38.2 Å². The zero-order valence-electron chi connectivity index (χ0n) is 13.2. The molecule has 0 spiro atoms. The molecule has 0 saturated heterocycles. The molecule has 0 aliphatic rings. The van der Waals surface area contributed by atoms with E-state index in [1.54, 1.807) is 13.3 Å². The van der Waals surface area contributed by atoms with Crippen molar-refractivity contribution in [3.63, 3.8) is 0 Å². The number of hydrogen-bond donors (Lipinski definition) is 1. The summed E-state index contributed by atoms with van der Waals surface area (Å²) in [5.74, 6) is 1.54. The van der Waals surface area contributed by atoms with Crippen LogP contribution in [0.2, 0.25) is 0 Å². The van der Waals surface area contributed by atoms with E-state index in [9.17, 15) is 5.11 Å². The summed E-state index contributed by atoms with van der Waals surface area (Å²) in [5.41, 5.74) is 0.132. The third-order valence-electron chi connectivity index (χ3n) is 4.25. The van der Waals surface area contributed by atoms with E-state index in [-0.39, 0.29) is 5.92 Å². The highest BCUT2D eigenvalue weighted by molar-refractivity contribution is 5.32. The minimum absolute atomic E-state index is 0.00509. The van der Waals surface area contributed by atoms with Crippen LogP contribution >= 0.6 is 0 Å². The van der Waals surface area contributed by atoms with Crippen LogP contribution in [-0.2, 0) is 12.6 Å². The minimum atomic E-state index is -0.971. The van der Waals surface area contributed by atoms with Gasteiger partial charge in [0.1, 0.15) is 17.2 Å². The molecule has 1 aromatic carbocycles. The van der Waals surface area contributed by atoms with E-state index >= 15 is 0 Å². The maximum Gasteiger partial charge on any atom is 0.141 e. The summed E-state index contributed by atoms with van der Waals surface area (Å²) < 4.78 is 7.11. The average molecular weight is 288 g/mol. The molecule has 21 heavy (non-hydrogen) atoms. The van der Waals surface area contributed by atoms with E-state index in [0.29, 0.717) is 12.2 Å². The number of methoxy groups -OCH3 is 1. The number of aryl methyl sites for hydroxylation is 1. The van der Waals surface area contributed by atoms with E-state index in [1.807, 2.05) is 49.0 Å². The Morgan fingerprint density at radius 1 is 1.29 bits per heavy atom. The molecule has 4 heteroatoms. The molecule has 0 bridgehead atoms. The fourth-order valence-electron chi connectivity index (χ4n) is 3.03. The summed E-state index contributed by atoms with van der Waals surface area (Å²) in [5, 5.41) is 11.3. The molecule has 0 aliphatic carbocycles. The molecule has 0 unspecified atom stereocenters. The number of aromatic nitrogens is 2. The van der Waals surface area contributed by atoms with E-state index < -0.39 is 5.60 Å². The van der Waals surface area contributed by atoms with Crippen LogP contribution in [0.3, 0.4) is 0 Å². The Morgan fingerprint density at radius 2 is 1.95 bits per heavy atom. The standard InChI is InChI=1S/C17H24N2O2/c1-5-15(13-7-9-14(21-4)10-8-13)17(20,6-2)16-18-11-12-19(16)3/h7-12,15,20H,5-6H2,1-4H3/t15-,17+/m0/s1. The van der Waals surface area contributed by atoms with Gasteiger partial charge < -0.3 is 14.4 Å². The van der Waals surface area contributed by atoms with Gasteiger partial charge in [-0.1, -0.05) is 26.0 Å². The van der Waals surface area contributed by atoms with E-state index in [2.05, 4.69) is 11.9 Å². The topological polar surface area (TPSA) is 47.3 Å². The Balaban J connectivity index is 2.43. The van der Waals surface area contributed by atoms with Gasteiger partial charge in [0.25, 0.3) is 0 Å². The van der Waals surface area contributed by atoms with Crippen molar-refractivity contribution in [1.29, 1.82) is 0 Å². The van der Waals surface area contributed by atoms with Crippen LogP contribution in [0.5, 0.6) is 5.75 Å². The highest BCUT2D eigenvalue weighted by Gasteiger charge is 2.39. The number of ether oxygens (including phenoxy) is 1. The van der Waals surface area contributed by atoms with Crippen molar-refractivity contribution in [2.75, 3.05) is 7.11 Å². The average Bonchev–Trinajstić information content (AvgIpc) is 2.95. The summed E-state index contributed by atoms with van der Waals surface area (Å²) in [6, 6.07) is 7.92. The van der Waals surface area contributed by atoms with E-state index in [4.69, 9.17) is 4.74 Å². The number of imidazole rings is 1. The summed E-state index contributed by atoms with van der Waals surface area (Å²) in [7, 11) is 3.58. The maximum absolute atomic E-state index is 11.3. The Labute approximate surface area is 126 Å². The van der Waals surface area contributed by atoms with E-state index in [0.717, 1.165) is 17.7 Å². The molecule has 2 rings (SSSR count). The number of benzene rings is 1. The molecule has 0 amide bonds. The second-order valence-corrected chi connectivity index (χ2v) is 5.37. The fourth-order valence-corrected chi connectivity index (χ4v) is 3.03. The first-order valence-electron chi connectivity index (χ1n) is 7.40.